The van der Waals surface area contributed by atoms with Crippen molar-refractivity contribution >= 4 is 55.8 Å². The first-order valence-electron chi connectivity index (χ1n) is 9.61. The molecule has 0 radical (unpaired) electrons. The van der Waals surface area contributed by atoms with E-state index in [0.717, 1.165) is 33.4 Å². The number of nitrogens with one attached hydrogen (secondary N) is 2. The fourth-order valence-electron chi connectivity index (χ4n) is 3.38. The zero-order valence-electron chi connectivity index (χ0n) is 17.2. The standard InChI is InChI=1S/C22H19ClN4O3S2/c1-13-22(31-14(2)26-13)32(29,30)27-21(28)8-7-19-15(4-3-9-24-19)10-16-12-25-20-6-5-17(23)11-18(16)20/h3-9,11-12,25H,10H2,1-2H3,(H,27,28). The van der Waals surface area contributed by atoms with Gasteiger partial charge in [-0.1, -0.05) is 17.7 Å². The molecule has 0 spiro atoms. The molecule has 164 valence electrons. The molecule has 1 aromatic carbocycles. The van der Waals surface area contributed by atoms with Crippen molar-refractivity contribution in [1.82, 2.24) is 19.7 Å². The van der Waals surface area contributed by atoms with Gasteiger partial charge in [0.25, 0.3) is 15.9 Å². The van der Waals surface area contributed by atoms with E-state index in [0.29, 0.717) is 27.8 Å². The SMILES string of the molecule is Cc1nc(C)c(S(=O)(=O)NC(=O)C=Cc2ncccc2Cc2c[nH]c3ccc(Cl)cc23)s1. The zero-order valence-corrected chi connectivity index (χ0v) is 19.6. The van der Waals surface area contributed by atoms with E-state index in [1.807, 2.05) is 36.5 Å². The molecule has 0 unspecified atom stereocenters. The number of thiazole rings is 1. The molecule has 0 aliphatic rings. The first kappa shape index (κ1) is 22.2. The number of aromatic amines is 1. The van der Waals surface area contributed by atoms with Gasteiger partial charge in [0.15, 0.2) is 4.21 Å². The van der Waals surface area contributed by atoms with Crippen LogP contribution < -0.4 is 4.72 Å². The van der Waals surface area contributed by atoms with Crippen molar-refractivity contribution in [3.63, 3.8) is 0 Å². The molecule has 32 heavy (non-hydrogen) atoms. The number of benzene rings is 1. The summed E-state index contributed by atoms with van der Waals surface area (Å²) in [4.78, 5) is 24.0. The van der Waals surface area contributed by atoms with Gasteiger partial charge in [-0.2, -0.15) is 0 Å². The Morgan fingerprint density at radius 2 is 2.06 bits per heavy atom. The number of fused-ring (bicyclic) bond motifs is 1. The van der Waals surface area contributed by atoms with Crippen LogP contribution in [0.2, 0.25) is 5.02 Å². The van der Waals surface area contributed by atoms with E-state index in [1.165, 1.54) is 12.2 Å². The molecule has 3 heterocycles. The molecule has 4 rings (SSSR count). The minimum atomic E-state index is -3.99. The summed E-state index contributed by atoms with van der Waals surface area (Å²) in [5.41, 5.74) is 3.83. The van der Waals surface area contributed by atoms with Crippen LogP contribution >= 0.6 is 22.9 Å². The lowest BCUT2D eigenvalue weighted by molar-refractivity contribution is -0.114. The monoisotopic (exact) mass is 486 g/mol. The number of hydrogen-bond acceptors (Lipinski definition) is 6. The summed E-state index contributed by atoms with van der Waals surface area (Å²) in [5.74, 6) is -0.758. The maximum absolute atomic E-state index is 12.5. The third kappa shape index (κ3) is 4.74. The predicted octanol–water partition coefficient (Wildman–Crippen LogP) is 4.40. The molecule has 0 saturated carbocycles. The van der Waals surface area contributed by atoms with Gasteiger partial charge in [-0.25, -0.2) is 18.1 Å². The van der Waals surface area contributed by atoms with Gasteiger partial charge in [-0.05, 0) is 55.3 Å². The van der Waals surface area contributed by atoms with Gasteiger partial charge in [0.05, 0.1) is 16.4 Å². The number of hydrogen-bond donors (Lipinski definition) is 2. The molecular formula is C22H19ClN4O3S2. The number of sulfonamides is 1. The average Bonchev–Trinajstić information content (AvgIpc) is 3.29. The average molecular weight is 487 g/mol. The number of nitrogens with zero attached hydrogens (tertiary/aromatic N) is 2. The highest BCUT2D eigenvalue weighted by molar-refractivity contribution is 7.92. The van der Waals surface area contributed by atoms with Crippen molar-refractivity contribution in [1.29, 1.82) is 0 Å². The predicted molar refractivity (Wildman–Crippen MR) is 126 cm³/mol. The topological polar surface area (TPSA) is 105 Å². The maximum atomic E-state index is 12.5. The molecule has 0 saturated heterocycles. The molecule has 4 aromatic rings. The van der Waals surface area contributed by atoms with E-state index in [9.17, 15) is 13.2 Å². The number of carbonyl (C=O) groups is 1. The van der Waals surface area contributed by atoms with E-state index in [4.69, 9.17) is 11.6 Å². The van der Waals surface area contributed by atoms with Crippen LogP contribution in [0.15, 0.2) is 53.0 Å². The Hall–Kier alpha value is -3.01. The Morgan fingerprint density at radius 3 is 2.81 bits per heavy atom. The fourth-order valence-corrected chi connectivity index (χ4v) is 5.98. The number of H-pyrrole nitrogens is 1. The summed E-state index contributed by atoms with van der Waals surface area (Å²) in [6, 6.07) is 9.37. The third-order valence-electron chi connectivity index (χ3n) is 4.77. The van der Waals surface area contributed by atoms with Crippen LogP contribution in [0.1, 0.15) is 27.5 Å². The number of carbonyl (C=O) groups excluding carboxylic acids is 1. The second-order valence-corrected chi connectivity index (χ2v) is 10.7. The smallest absolute Gasteiger partial charge is 0.275 e. The minimum absolute atomic E-state index is 0.0354. The van der Waals surface area contributed by atoms with Gasteiger partial charge < -0.3 is 4.98 Å². The van der Waals surface area contributed by atoms with Crippen LogP contribution in [0.25, 0.3) is 17.0 Å². The third-order valence-corrected chi connectivity index (χ3v) is 8.03. The number of pyridine rings is 1. The van der Waals surface area contributed by atoms with Gasteiger partial charge in [0.2, 0.25) is 0 Å². The summed E-state index contributed by atoms with van der Waals surface area (Å²) in [5, 5.41) is 2.27. The molecule has 2 N–H and O–H groups in total. The summed E-state index contributed by atoms with van der Waals surface area (Å²) in [7, 11) is -3.99. The molecule has 0 bridgehead atoms. The van der Waals surface area contributed by atoms with Gasteiger partial charge in [0.1, 0.15) is 0 Å². The van der Waals surface area contributed by atoms with Crippen molar-refractivity contribution in [2.45, 2.75) is 24.5 Å². The summed E-state index contributed by atoms with van der Waals surface area (Å²) < 4.78 is 27.1. The normalized spacial score (nSPS) is 12.0. The molecule has 0 atom stereocenters. The van der Waals surface area contributed by atoms with Crippen LogP contribution in [-0.2, 0) is 21.2 Å². The largest absolute Gasteiger partial charge is 0.361 e. The van der Waals surface area contributed by atoms with Gasteiger partial charge in [-0.15, -0.1) is 11.3 Å². The quantitative estimate of drug-likeness (QED) is 0.393. The summed E-state index contributed by atoms with van der Waals surface area (Å²) in [6.07, 6.45) is 6.77. The summed E-state index contributed by atoms with van der Waals surface area (Å²) >= 11 is 7.16. The van der Waals surface area contributed by atoms with Crippen LogP contribution in [-0.4, -0.2) is 29.3 Å². The van der Waals surface area contributed by atoms with Crippen molar-refractivity contribution in [3.05, 3.63) is 81.3 Å². The maximum Gasteiger partial charge on any atom is 0.275 e. The number of aryl methyl sites for hydroxylation is 2. The Balaban J connectivity index is 1.54. The van der Waals surface area contributed by atoms with E-state index in [-0.39, 0.29) is 4.21 Å². The highest BCUT2D eigenvalue weighted by atomic mass is 35.5. The van der Waals surface area contributed by atoms with E-state index >= 15 is 0 Å². The molecule has 0 aliphatic heterocycles. The van der Waals surface area contributed by atoms with E-state index in [1.54, 1.807) is 20.0 Å². The lowest BCUT2D eigenvalue weighted by atomic mass is 10.0. The Bertz CT molecular complexity index is 1460. The fraction of sp³-hybridized carbons (Fsp3) is 0.136. The lowest BCUT2D eigenvalue weighted by Crippen LogP contribution is -2.28. The molecule has 7 nitrogen and oxygen atoms in total. The van der Waals surface area contributed by atoms with Gasteiger partial charge >= 0.3 is 0 Å². The lowest BCUT2D eigenvalue weighted by Gasteiger charge is -2.05. The van der Waals surface area contributed by atoms with Crippen molar-refractivity contribution < 1.29 is 13.2 Å². The van der Waals surface area contributed by atoms with Crippen molar-refractivity contribution in [2.24, 2.45) is 0 Å². The minimum Gasteiger partial charge on any atom is -0.361 e. The zero-order chi connectivity index (χ0) is 22.9. The highest BCUT2D eigenvalue weighted by Crippen LogP contribution is 2.25. The Morgan fingerprint density at radius 1 is 1.25 bits per heavy atom. The molecule has 3 aromatic heterocycles. The number of rotatable bonds is 6. The Labute approximate surface area is 194 Å². The van der Waals surface area contributed by atoms with E-state index < -0.39 is 15.9 Å². The molecule has 0 fully saturated rings. The van der Waals surface area contributed by atoms with Crippen LogP contribution in [0.5, 0.6) is 0 Å². The van der Waals surface area contributed by atoms with E-state index in [2.05, 4.69) is 19.7 Å². The van der Waals surface area contributed by atoms with Crippen LogP contribution in [0.4, 0.5) is 0 Å². The molecule has 0 aliphatic carbocycles. The van der Waals surface area contributed by atoms with Crippen molar-refractivity contribution in [2.75, 3.05) is 0 Å². The van der Waals surface area contributed by atoms with Gasteiger partial charge in [0, 0.05) is 40.8 Å². The van der Waals surface area contributed by atoms with Crippen molar-refractivity contribution in [3.8, 4) is 0 Å². The van der Waals surface area contributed by atoms with Crippen LogP contribution in [0.3, 0.4) is 0 Å². The number of halogens is 1. The summed E-state index contributed by atoms with van der Waals surface area (Å²) in [6.45, 7) is 3.30. The molecule has 10 heteroatoms. The number of aromatic nitrogens is 3. The first-order chi connectivity index (χ1) is 15.2. The molecule has 1 amide bonds. The Kier molecular flexibility index (Phi) is 6.14. The molecular weight excluding hydrogens is 468 g/mol. The first-order valence-corrected chi connectivity index (χ1v) is 12.3. The van der Waals surface area contributed by atoms with Crippen LogP contribution in [0, 0.1) is 13.8 Å². The highest BCUT2D eigenvalue weighted by Gasteiger charge is 2.22. The van der Waals surface area contributed by atoms with Gasteiger partial charge in [-0.3, -0.25) is 9.78 Å². The number of amides is 1. The second kappa shape index (κ2) is 8.85. The second-order valence-electron chi connectivity index (χ2n) is 7.14.